The van der Waals surface area contributed by atoms with E-state index in [1.54, 1.807) is 11.8 Å². The summed E-state index contributed by atoms with van der Waals surface area (Å²) in [4.78, 5) is 9.04. The molecule has 0 fully saturated rings. The van der Waals surface area contributed by atoms with E-state index in [1.807, 2.05) is 56.3 Å². The number of benzene rings is 2. The van der Waals surface area contributed by atoms with Gasteiger partial charge in [-0.25, -0.2) is 4.98 Å². The maximum Gasteiger partial charge on any atom is 0.237 e. The second-order valence-electron chi connectivity index (χ2n) is 5.67. The molecule has 0 saturated heterocycles. The van der Waals surface area contributed by atoms with Crippen LogP contribution in [0.2, 0.25) is 0 Å². The standard InChI is InChI=1S/C19H18N4O2S/c1-3-24-15-10-8-14(9-11-15)23-17-7-5-4-6-16(17)21-19(23)26-12-18-20-13(2)22-25-18/h4-11H,3,12H2,1-2H3. The third-order valence-electron chi connectivity index (χ3n) is 3.83. The van der Waals surface area contributed by atoms with Crippen LogP contribution >= 0.6 is 11.8 Å². The molecule has 0 aliphatic carbocycles. The molecule has 4 aromatic rings. The molecule has 2 aromatic heterocycles. The van der Waals surface area contributed by atoms with Crippen LogP contribution in [0.3, 0.4) is 0 Å². The zero-order valence-corrected chi connectivity index (χ0v) is 15.4. The lowest BCUT2D eigenvalue weighted by Crippen LogP contribution is -1.98. The molecule has 6 nitrogen and oxygen atoms in total. The number of para-hydroxylation sites is 2. The van der Waals surface area contributed by atoms with E-state index in [9.17, 15) is 0 Å². The first-order valence-electron chi connectivity index (χ1n) is 8.37. The van der Waals surface area contributed by atoms with Crippen molar-refractivity contribution in [2.24, 2.45) is 0 Å². The summed E-state index contributed by atoms with van der Waals surface area (Å²) in [5, 5.41) is 4.72. The number of imidazole rings is 1. The average Bonchev–Trinajstić information content (AvgIpc) is 3.24. The minimum Gasteiger partial charge on any atom is -0.494 e. The largest absolute Gasteiger partial charge is 0.494 e. The Morgan fingerprint density at radius 3 is 2.62 bits per heavy atom. The molecule has 0 unspecified atom stereocenters. The minimum absolute atomic E-state index is 0.571. The molecule has 132 valence electrons. The SMILES string of the molecule is CCOc1ccc(-n2c(SCc3nc(C)no3)nc3ccccc32)cc1. The van der Waals surface area contributed by atoms with E-state index in [0.29, 0.717) is 24.1 Å². The van der Waals surface area contributed by atoms with Gasteiger partial charge in [-0.15, -0.1) is 0 Å². The second kappa shape index (κ2) is 7.21. The Kier molecular flexibility index (Phi) is 4.62. The van der Waals surface area contributed by atoms with Gasteiger partial charge in [0.2, 0.25) is 5.89 Å². The Bertz CT molecular complexity index is 1020. The lowest BCUT2D eigenvalue weighted by Gasteiger charge is -2.10. The fourth-order valence-corrected chi connectivity index (χ4v) is 3.60. The molecule has 2 aromatic carbocycles. The van der Waals surface area contributed by atoms with E-state index >= 15 is 0 Å². The van der Waals surface area contributed by atoms with E-state index in [4.69, 9.17) is 14.2 Å². The molecule has 0 spiro atoms. The van der Waals surface area contributed by atoms with Crippen molar-refractivity contribution in [1.82, 2.24) is 19.7 Å². The van der Waals surface area contributed by atoms with Gasteiger partial charge in [-0.2, -0.15) is 4.98 Å². The van der Waals surface area contributed by atoms with E-state index in [0.717, 1.165) is 27.6 Å². The number of aromatic nitrogens is 4. The van der Waals surface area contributed by atoms with Crippen molar-refractivity contribution in [3.05, 3.63) is 60.2 Å². The summed E-state index contributed by atoms with van der Waals surface area (Å²) in [6.45, 7) is 4.44. The molecule has 4 rings (SSSR count). The molecule has 0 radical (unpaired) electrons. The molecular formula is C19H18N4O2S. The molecule has 0 saturated carbocycles. The van der Waals surface area contributed by atoms with Crippen LogP contribution in [0.1, 0.15) is 18.6 Å². The van der Waals surface area contributed by atoms with Crippen molar-refractivity contribution in [2.75, 3.05) is 6.61 Å². The molecule has 0 bridgehead atoms. The first kappa shape index (κ1) is 16.7. The van der Waals surface area contributed by atoms with Crippen LogP contribution in [0, 0.1) is 6.92 Å². The van der Waals surface area contributed by atoms with Crippen LogP contribution in [0.25, 0.3) is 16.7 Å². The summed E-state index contributed by atoms with van der Waals surface area (Å²) in [6.07, 6.45) is 0. The van der Waals surface area contributed by atoms with Crippen molar-refractivity contribution in [3.63, 3.8) is 0 Å². The minimum atomic E-state index is 0.571. The van der Waals surface area contributed by atoms with Crippen molar-refractivity contribution in [3.8, 4) is 11.4 Å². The number of hydrogen-bond donors (Lipinski definition) is 0. The summed E-state index contributed by atoms with van der Waals surface area (Å²) in [5.74, 6) is 2.66. The zero-order valence-electron chi connectivity index (χ0n) is 14.5. The highest BCUT2D eigenvalue weighted by molar-refractivity contribution is 7.98. The van der Waals surface area contributed by atoms with Crippen molar-refractivity contribution in [2.45, 2.75) is 24.8 Å². The lowest BCUT2D eigenvalue weighted by atomic mass is 10.2. The molecule has 0 aliphatic heterocycles. The number of nitrogens with zero attached hydrogens (tertiary/aromatic N) is 4. The third-order valence-corrected chi connectivity index (χ3v) is 4.75. The van der Waals surface area contributed by atoms with Gasteiger partial charge in [-0.1, -0.05) is 29.1 Å². The number of thioether (sulfide) groups is 1. The van der Waals surface area contributed by atoms with Crippen molar-refractivity contribution < 1.29 is 9.26 Å². The first-order valence-corrected chi connectivity index (χ1v) is 9.36. The molecule has 0 aliphatic rings. The zero-order chi connectivity index (χ0) is 17.9. The third kappa shape index (κ3) is 3.30. The van der Waals surface area contributed by atoms with Gasteiger partial charge in [0.25, 0.3) is 0 Å². The van der Waals surface area contributed by atoms with Gasteiger partial charge in [0.1, 0.15) is 5.75 Å². The van der Waals surface area contributed by atoms with E-state index in [2.05, 4.69) is 20.8 Å². The van der Waals surface area contributed by atoms with Gasteiger partial charge in [0.15, 0.2) is 11.0 Å². The van der Waals surface area contributed by atoms with Crippen LogP contribution in [0.15, 0.2) is 58.2 Å². The number of ether oxygens (including phenoxy) is 1. The van der Waals surface area contributed by atoms with Crippen LogP contribution in [0.5, 0.6) is 5.75 Å². The summed E-state index contributed by atoms with van der Waals surface area (Å²) >= 11 is 1.57. The predicted octanol–water partition coefficient (Wildman–Crippen LogP) is 4.41. The normalized spacial score (nSPS) is 11.2. The maximum atomic E-state index is 5.55. The summed E-state index contributed by atoms with van der Waals surface area (Å²) in [6, 6.07) is 16.1. The molecule has 7 heteroatoms. The number of aryl methyl sites for hydroxylation is 1. The highest BCUT2D eigenvalue weighted by Crippen LogP contribution is 2.30. The molecule has 0 N–H and O–H groups in total. The molecule has 2 heterocycles. The molecule has 26 heavy (non-hydrogen) atoms. The van der Waals surface area contributed by atoms with Gasteiger partial charge >= 0.3 is 0 Å². The second-order valence-corrected chi connectivity index (χ2v) is 6.61. The lowest BCUT2D eigenvalue weighted by molar-refractivity contribution is 0.340. The number of fused-ring (bicyclic) bond motifs is 1. The Hall–Kier alpha value is -2.80. The van der Waals surface area contributed by atoms with Crippen molar-refractivity contribution in [1.29, 1.82) is 0 Å². The fraction of sp³-hybridized carbons (Fsp3) is 0.211. The monoisotopic (exact) mass is 366 g/mol. The highest BCUT2D eigenvalue weighted by Gasteiger charge is 2.14. The quantitative estimate of drug-likeness (QED) is 0.471. The summed E-state index contributed by atoms with van der Waals surface area (Å²) in [7, 11) is 0. The molecular weight excluding hydrogens is 348 g/mol. The maximum absolute atomic E-state index is 5.55. The van der Waals surface area contributed by atoms with Crippen LogP contribution in [-0.2, 0) is 5.75 Å². The van der Waals surface area contributed by atoms with Crippen molar-refractivity contribution >= 4 is 22.8 Å². The van der Waals surface area contributed by atoms with Gasteiger partial charge in [-0.05, 0) is 50.2 Å². The summed E-state index contributed by atoms with van der Waals surface area (Å²) in [5.41, 5.74) is 3.04. The highest BCUT2D eigenvalue weighted by atomic mass is 32.2. The average molecular weight is 366 g/mol. The smallest absolute Gasteiger partial charge is 0.237 e. The number of hydrogen-bond acceptors (Lipinski definition) is 6. The van der Waals surface area contributed by atoms with E-state index in [1.165, 1.54) is 0 Å². The first-order chi connectivity index (χ1) is 12.7. The topological polar surface area (TPSA) is 66.0 Å². The van der Waals surface area contributed by atoms with Gasteiger partial charge in [0.05, 0.1) is 23.4 Å². The Morgan fingerprint density at radius 2 is 1.88 bits per heavy atom. The van der Waals surface area contributed by atoms with Crippen LogP contribution in [0.4, 0.5) is 0 Å². The number of rotatable bonds is 6. The fourth-order valence-electron chi connectivity index (χ4n) is 2.73. The Balaban J connectivity index is 1.71. The van der Waals surface area contributed by atoms with E-state index < -0.39 is 0 Å². The Morgan fingerprint density at radius 1 is 1.08 bits per heavy atom. The van der Waals surface area contributed by atoms with Crippen LogP contribution < -0.4 is 4.74 Å². The van der Waals surface area contributed by atoms with Gasteiger partial charge in [-0.3, -0.25) is 4.57 Å². The summed E-state index contributed by atoms with van der Waals surface area (Å²) < 4.78 is 12.9. The Labute approximate surface area is 155 Å². The van der Waals surface area contributed by atoms with Crippen LogP contribution in [-0.4, -0.2) is 26.3 Å². The van der Waals surface area contributed by atoms with E-state index in [-0.39, 0.29) is 0 Å². The molecule has 0 atom stereocenters. The predicted molar refractivity (Wildman–Crippen MR) is 101 cm³/mol. The molecule has 0 amide bonds. The van der Waals surface area contributed by atoms with Gasteiger partial charge < -0.3 is 9.26 Å². The van der Waals surface area contributed by atoms with Gasteiger partial charge in [0, 0.05) is 5.69 Å².